The number of carbonyl (C=O) groups excluding carboxylic acids is 2. The number of piperazine rings is 1. The van der Waals surface area contributed by atoms with Crippen LogP contribution in [0.1, 0.15) is 44.8 Å². The molecule has 264 valence electrons. The first-order chi connectivity index (χ1) is 24.6. The van der Waals surface area contributed by atoms with Crippen molar-refractivity contribution < 1.29 is 18.0 Å². The Balaban J connectivity index is 0.935. The quantitative estimate of drug-likeness (QED) is 0.214. The van der Waals surface area contributed by atoms with E-state index in [0.717, 1.165) is 52.7 Å². The van der Waals surface area contributed by atoms with Gasteiger partial charge >= 0.3 is 6.03 Å². The summed E-state index contributed by atoms with van der Waals surface area (Å²) in [7, 11) is -3.49. The van der Waals surface area contributed by atoms with Crippen LogP contribution in [0.4, 0.5) is 28.1 Å². The molecule has 0 unspecified atom stereocenters. The van der Waals surface area contributed by atoms with Crippen molar-refractivity contribution in [2.24, 2.45) is 0 Å². The van der Waals surface area contributed by atoms with Crippen LogP contribution in [-0.2, 0) is 21.4 Å². The van der Waals surface area contributed by atoms with Crippen molar-refractivity contribution in [3.05, 3.63) is 54.7 Å². The number of hydrogen-bond donors (Lipinski definition) is 2. The van der Waals surface area contributed by atoms with E-state index in [1.807, 2.05) is 23.0 Å². The number of nitrogens with one attached hydrogen (secondary N) is 2. The second-order valence-electron chi connectivity index (χ2n) is 13.1. The Bertz CT molecular complexity index is 2220. The van der Waals surface area contributed by atoms with E-state index in [-0.39, 0.29) is 30.2 Å². The maximum absolute atomic E-state index is 12.6. The lowest BCUT2D eigenvalue weighted by molar-refractivity contribution is -0.120. The summed E-state index contributed by atoms with van der Waals surface area (Å²) >= 11 is 0. The van der Waals surface area contributed by atoms with Gasteiger partial charge in [0, 0.05) is 70.2 Å². The molecule has 1 saturated carbocycles. The molecule has 0 bridgehead atoms. The van der Waals surface area contributed by atoms with E-state index in [4.69, 9.17) is 10.1 Å². The molecule has 7 heterocycles. The fraction of sp³-hybridized carbons (Fsp3) is 0.406. The highest BCUT2D eigenvalue weighted by atomic mass is 32.2. The molecule has 2 saturated heterocycles. The molecule has 51 heavy (non-hydrogen) atoms. The number of pyridine rings is 1. The summed E-state index contributed by atoms with van der Waals surface area (Å²) in [5, 5.41) is 23.8. The number of imide groups is 1. The van der Waals surface area contributed by atoms with Gasteiger partial charge in [-0.05, 0) is 44.9 Å². The number of rotatable bonds is 10. The summed E-state index contributed by atoms with van der Waals surface area (Å²) in [6.07, 6.45) is 7.89. The van der Waals surface area contributed by atoms with Crippen LogP contribution in [0, 0.1) is 0 Å². The molecule has 5 aromatic rings. The topological polar surface area (TPSA) is 202 Å². The smallest absolute Gasteiger partial charge is 0.329 e. The lowest BCUT2D eigenvalue weighted by Crippen LogP contribution is -2.50. The van der Waals surface area contributed by atoms with Gasteiger partial charge in [-0.15, -0.1) is 5.10 Å². The molecule has 5 aromatic heterocycles. The SMILES string of the molecule is CC(C)n1nc(N2CCN(Cc3ccc(N4CCC(=O)NC4=O)nn3)CC2)c2cnc(Nc3ccnc(-c4cnn(S(=O)(=O)C5CC5)c4)n3)cc21. The molecule has 2 aliphatic heterocycles. The largest absolute Gasteiger partial charge is 0.352 e. The second kappa shape index (κ2) is 13.0. The highest BCUT2D eigenvalue weighted by Crippen LogP contribution is 2.32. The summed E-state index contributed by atoms with van der Waals surface area (Å²) in [6.45, 7) is 8.20. The van der Waals surface area contributed by atoms with Crippen molar-refractivity contribution in [3.8, 4) is 11.4 Å². The number of nitrogens with zero attached hydrogens (tertiary/aromatic N) is 12. The number of amides is 3. The van der Waals surface area contributed by atoms with Crippen LogP contribution in [0.2, 0.25) is 0 Å². The molecular formula is C32H36N14O4S. The van der Waals surface area contributed by atoms with Gasteiger partial charge < -0.3 is 10.2 Å². The van der Waals surface area contributed by atoms with Crippen molar-refractivity contribution in [2.45, 2.75) is 50.9 Å². The minimum atomic E-state index is -3.49. The van der Waals surface area contributed by atoms with Gasteiger partial charge in [-0.2, -0.15) is 19.4 Å². The van der Waals surface area contributed by atoms with E-state index in [1.54, 1.807) is 18.3 Å². The molecule has 18 nitrogen and oxygen atoms in total. The first-order valence-electron chi connectivity index (χ1n) is 16.8. The maximum Gasteiger partial charge on any atom is 0.329 e. The van der Waals surface area contributed by atoms with E-state index in [1.165, 1.54) is 17.3 Å². The minimum absolute atomic E-state index is 0.102. The fourth-order valence-corrected chi connectivity index (χ4v) is 7.68. The van der Waals surface area contributed by atoms with Crippen LogP contribution in [0.5, 0.6) is 0 Å². The first-order valence-corrected chi connectivity index (χ1v) is 18.3. The number of urea groups is 1. The van der Waals surface area contributed by atoms with Gasteiger partial charge in [0.25, 0.3) is 10.0 Å². The van der Waals surface area contributed by atoms with Crippen LogP contribution in [0.15, 0.2) is 49.1 Å². The van der Waals surface area contributed by atoms with Gasteiger partial charge in [-0.25, -0.2) is 28.2 Å². The molecule has 19 heteroatoms. The molecule has 0 radical (unpaired) electrons. The Labute approximate surface area is 292 Å². The van der Waals surface area contributed by atoms with Gasteiger partial charge in [0.15, 0.2) is 17.5 Å². The number of aromatic nitrogens is 9. The number of hydrogen-bond acceptors (Lipinski definition) is 14. The lowest BCUT2D eigenvalue weighted by Gasteiger charge is -2.34. The van der Waals surface area contributed by atoms with Crippen LogP contribution >= 0.6 is 0 Å². The van der Waals surface area contributed by atoms with Crippen molar-refractivity contribution in [2.75, 3.05) is 47.8 Å². The molecular weight excluding hydrogens is 677 g/mol. The van der Waals surface area contributed by atoms with Crippen molar-refractivity contribution in [1.29, 1.82) is 0 Å². The number of fused-ring (bicyclic) bond motifs is 1. The molecule has 0 atom stereocenters. The van der Waals surface area contributed by atoms with Gasteiger partial charge in [0.2, 0.25) is 5.91 Å². The third-order valence-electron chi connectivity index (χ3n) is 9.09. The molecule has 3 aliphatic rings. The Hall–Kier alpha value is -5.56. The van der Waals surface area contributed by atoms with Crippen molar-refractivity contribution >= 4 is 56.1 Å². The van der Waals surface area contributed by atoms with Gasteiger partial charge in [0.1, 0.15) is 11.6 Å². The molecule has 0 spiro atoms. The zero-order valence-corrected chi connectivity index (χ0v) is 28.9. The standard InChI is InChI=1S/C32H36N14O4S/c1-20(2)46-25-15-27(36-26-7-9-33-30(37-26)21-16-35-45(18-21)51(49,50)23-4-5-23)34-17-24(25)31(41-46)43-13-11-42(12-14-43)19-22-3-6-28(40-39-22)44-10-8-29(47)38-32(44)48/h3,6-7,9,15-18,20,23H,4-5,8,10-14,19H2,1-2H3,(H,38,47,48)(H,33,34,36,37). The van der Waals surface area contributed by atoms with Crippen molar-refractivity contribution in [1.82, 2.24) is 54.3 Å². The fourth-order valence-electron chi connectivity index (χ4n) is 6.20. The van der Waals surface area contributed by atoms with E-state index in [2.05, 4.69) is 59.5 Å². The Morgan fingerprint density at radius 3 is 2.53 bits per heavy atom. The van der Waals surface area contributed by atoms with Crippen LogP contribution in [0.3, 0.4) is 0 Å². The molecule has 3 amide bonds. The number of anilines is 4. The highest BCUT2D eigenvalue weighted by molar-refractivity contribution is 7.90. The zero-order chi connectivity index (χ0) is 35.3. The van der Waals surface area contributed by atoms with Crippen LogP contribution in [-0.4, -0.2) is 107 Å². The number of carbonyl (C=O) groups is 2. The highest BCUT2D eigenvalue weighted by Gasteiger charge is 2.38. The van der Waals surface area contributed by atoms with E-state index >= 15 is 0 Å². The zero-order valence-electron chi connectivity index (χ0n) is 28.0. The summed E-state index contributed by atoms with van der Waals surface area (Å²) in [5.41, 5.74) is 2.23. The minimum Gasteiger partial charge on any atom is -0.352 e. The van der Waals surface area contributed by atoms with Crippen LogP contribution < -0.4 is 20.4 Å². The third kappa shape index (κ3) is 6.56. The molecule has 2 N–H and O–H groups in total. The lowest BCUT2D eigenvalue weighted by atomic mass is 10.2. The Morgan fingerprint density at radius 2 is 1.80 bits per heavy atom. The summed E-state index contributed by atoms with van der Waals surface area (Å²) in [5.74, 6) is 2.44. The summed E-state index contributed by atoms with van der Waals surface area (Å²) < 4.78 is 28.2. The maximum atomic E-state index is 12.6. The van der Waals surface area contributed by atoms with Gasteiger partial charge in [0.05, 0.1) is 39.8 Å². The second-order valence-corrected chi connectivity index (χ2v) is 15.2. The molecule has 1 aliphatic carbocycles. The first kappa shape index (κ1) is 32.6. The molecule has 8 rings (SSSR count). The average molecular weight is 713 g/mol. The monoisotopic (exact) mass is 712 g/mol. The Kier molecular flexibility index (Phi) is 8.29. The Morgan fingerprint density at radius 1 is 0.980 bits per heavy atom. The van der Waals surface area contributed by atoms with Crippen molar-refractivity contribution in [3.63, 3.8) is 0 Å². The normalized spacial score (nSPS) is 17.4. The third-order valence-corrected chi connectivity index (χ3v) is 11.1. The average Bonchev–Trinajstić information content (AvgIpc) is 3.74. The molecule has 0 aromatic carbocycles. The summed E-state index contributed by atoms with van der Waals surface area (Å²) in [4.78, 5) is 43.2. The van der Waals surface area contributed by atoms with E-state index in [0.29, 0.717) is 48.2 Å². The predicted molar refractivity (Wildman–Crippen MR) is 187 cm³/mol. The molecule has 3 fully saturated rings. The van der Waals surface area contributed by atoms with Gasteiger partial charge in [-0.1, -0.05) is 0 Å². The predicted octanol–water partition coefficient (Wildman–Crippen LogP) is 2.31. The van der Waals surface area contributed by atoms with E-state index in [9.17, 15) is 18.0 Å². The summed E-state index contributed by atoms with van der Waals surface area (Å²) in [6, 6.07) is 6.93. The van der Waals surface area contributed by atoms with Crippen LogP contribution in [0.25, 0.3) is 22.3 Å². The van der Waals surface area contributed by atoms with E-state index < -0.39 is 16.1 Å². The van der Waals surface area contributed by atoms with Gasteiger partial charge in [-0.3, -0.25) is 24.6 Å².